The van der Waals surface area contributed by atoms with Gasteiger partial charge in [0.25, 0.3) is 0 Å². The van der Waals surface area contributed by atoms with Crippen molar-refractivity contribution in [3.05, 3.63) is 63.9 Å². The van der Waals surface area contributed by atoms with Crippen LogP contribution in [0.15, 0.2) is 46.9 Å². The van der Waals surface area contributed by atoms with Crippen molar-refractivity contribution in [2.24, 2.45) is 0 Å². The molecule has 0 radical (unpaired) electrons. The van der Waals surface area contributed by atoms with E-state index in [1.165, 1.54) is 6.07 Å². The Morgan fingerprint density at radius 3 is 2.74 bits per heavy atom. The van der Waals surface area contributed by atoms with Gasteiger partial charge >= 0.3 is 0 Å². The van der Waals surface area contributed by atoms with Crippen molar-refractivity contribution in [1.29, 1.82) is 5.26 Å². The van der Waals surface area contributed by atoms with Gasteiger partial charge in [-0.05, 0) is 42.8 Å². The predicted octanol–water partition coefficient (Wildman–Crippen LogP) is 4.57. The summed E-state index contributed by atoms with van der Waals surface area (Å²) in [6.07, 6.45) is 0. The number of rotatable bonds is 3. The van der Waals surface area contributed by atoms with E-state index in [1.807, 2.05) is 31.2 Å². The van der Waals surface area contributed by atoms with Crippen LogP contribution in [-0.4, -0.2) is 0 Å². The third kappa shape index (κ3) is 3.33. The highest BCUT2D eigenvalue weighted by Gasteiger charge is 2.15. The molecule has 1 N–H and O–H groups in total. The molecule has 0 amide bonds. The molecule has 2 nitrogen and oxygen atoms in total. The Hall–Kier alpha value is -1.86. The monoisotopic (exact) mass is 318 g/mol. The first-order valence-electron chi connectivity index (χ1n) is 5.78. The number of halogens is 2. The standard InChI is InChI=1S/C15H12BrFN2/c1-10-3-2-4-12(7-10)19-15(9-18)13-8-11(16)5-6-14(13)17/h2-8,15,19H,1H3. The molecule has 0 fully saturated rings. The fourth-order valence-electron chi connectivity index (χ4n) is 1.82. The SMILES string of the molecule is Cc1cccc(NC(C#N)c2cc(Br)ccc2F)c1. The third-order valence-electron chi connectivity index (χ3n) is 2.73. The topological polar surface area (TPSA) is 35.8 Å². The van der Waals surface area contributed by atoms with Crippen LogP contribution in [0.5, 0.6) is 0 Å². The number of aryl methyl sites for hydroxylation is 1. The molecule has 0 saturated carbocycles. The second-order valence-corrected chi connectivity index (χ2v) is 5.16. The quantitative estimate of drug-likeness (QED) is 0.899. The maximum Gasteiger partial charge on any atom is 0.143 e. The minimum Gasteiger partial charge on any atom is -0.366 e. The molecule has 0 aliphatic carbocycles. The minimum absolute atomic E-state index is 0.332. The first-order chi connectivity index (χ1) is 9.10. The molecule has 0 aliphatic rings. The molecule has 2 aromatic rings. The van der Waals surface area contributed by atoms with Gasteiger partial charge in [-0.3, -0.25) is 0 Å². The molecule has 19 heavy (non-hydrogen) atoms. The zero-order valence-electron chi connectivity index (χ0n) is 10.3. The highest BCUT2D eigenvalue weighted by molar-refractivity contribution is 9.10. The summed E-state index contributed by atoms with van der Waals surface area (Å²) in [4.78, 5) is 0. The van der Waals surface area contributed by atoms with E-state index in [0.717, 1.165) is 15.7 Å². The van der Waals surface area contributed by atoms with E-state index in [-0.39, 0.29) is 0 Å². The van der Waals surface area contributed by atoms with Gasteiger partial charge in [-0.25, -0.2) is 4.39 Å². The maximum atomic E-state index is 13.8. The van der Waals surface area contributed by atoms with Crippen molar-refractivity contribution in [2.75, 3.05) is 5.32 Å². The van der Waals surface area contributed by atoms with Gasteiger partial charge in [0.05, 0.1) is 6.07 Å². The molecule has 0 heterocycles. The van der Waals surface area contributed by atoms with E-state index < -0.39 is 11.9 Å². The van der Waals surface area contributed by atoms with Crippen LogP contribution < -0.4 is 5.32 Å². The average Bonchev–Trinajstić information content (AvgIpc) is 2.39. The zero-order valence-corrected chi connectivity index (χ0v) is 11.9. The number of nitrogens with one attached hydrogen (secondary N) is 1. The molecule has 1 atom stereocenters. The fraction of sp³-hybridized carbons (Fsp3) is 0.133. The summed E-state index contributed by atoms with van der Waals surface area (Å²) in [6, 6.07) is 13.6. The van der Waals surface area contributed by atoms with Gasteiger partial charge in [0.1, 0.15) is 11.9 Å². The first kappa shape index (κ1) is 13.6. The Bertz CT molecular complexity index is 634. The van der Waals surface area contributed by atoms with Crippen molar-refractivity contribution in [3.8, 4) is 6.07 Å². The Balaban J connectivity index is 2.31. The molecule has 4 heteroatoms. The van der Waals surface area contributed by atoms with E-state index in [4.69, 9.17) is 0 Å². The zero-order chi connectivity index (χ0) is 13.8. The molecule has 0 bridgehead atoms. The molecule has 0 aliphatic heterocycles. The number of hydrogen-bond acceptors (Lipinski definition) is 2. The fourth-order valence-corrected chi connectivity index (χ4v) is 2.20. The molecule has 2 aromatic carbocycles. The third-order valence-corrected chi connectivity index (χ3v) is 3.22. The second kappa shape index (κ2) is 5.85. The smallest absolute Gasteiger partial charge is 0.143 e. The summed E-state index contributed by atoms with van der Waals surface area (Å²) in [6.45, 7) is 1.96. The van der Waals surface area contributed by atoms with E-state index in [9.17, 15) is 9.65 Å². The van der Waals surface area contributed by atoms with E-state index in [0.29, 0.717) is 5.56 Å². The van der Waals surface area contributed by atoms with Crippen LogP contribution in [0.1, 0.15) is 17.2 Å². The number of hydrogen-bond donors (Lipinski definition) is 1. The highest BCUT2D eigenvalue weighted by Crippen LogP contribution is 2.25. The van der Waals surface area contributed by atoms with Gasteiger partial charge in [-0.15, -0.1) is 0 Å². The Labute approximate surface area is 120 Å². The predicted molar refractivity (Wildman–Crippen MR) is 77.3 cm³/mol. The van der Waals surface area contributed by atoms with Crippen LogP contribution in [0.25, 0.3) is 0 Å². The number of nitrogens with zero attached hydrogens (tertiary/aromatic N) is 1. The second-order valence-electron chi connectivity index (χ2n) is 4.24. The Morgan fingerprint density at radius 1 is 1.26 bits per heavy atom. The van der Waals surface area contributed by atoms with E-state index in [2.05, 4.69) is 27.3 Å². The lowest BCUT2D eigenvalue weighted by atomic mass is 10.1. The average molecular weight is 319 g/mol. The number of anilines is 1. The highest BCUT2D eigenvalue weighted by atomic mass is 79.9. The van der Waals surface area contributed by atoms with Crippen molar-refractivity contribution >= 4 is 21.6 Å². The molecule has 1 unspecified atom stereocenters. The van der Waals surface area contributed by atoms with Crippen molar-refractivity contribution in [3.63, 3.8) is 0 Å². The molecule has 0 spiro atoms. The van der Waals surface area contributed by atoms with Gasteiger partial charge < -0.3 is 5.32 Å². The van der Waals surface area contributed by atoms with Crippen LogP contribution in [-0.2, 0) is 0 Å². The van der Waals surface area contributed by atoms with Crippen LogP contribution in [0.4, 0.5) is 10.1 Å². The van der Waals surface area contributed by atoms with Gasteiger partial charge in [0.2, 0.25) is 0 Å². The van der Waals surface area contributed by atoms with Crippen LogP contribution in [0.2, 0.25) is 0 Å². The number of nitriles is 1. The molecule has 96 valence electrons. The molecular weight excluding hydrogens is 307 g/mol. The van der Waals surface area contributed by atoms with Crippen LogP contribution >= 0.6 is 15.9 Å². The molecular formula is C15H12BrFN2. The normalized spacial score (nSPS) is 11.7. The minimum atomic E-state index is -0.723. The lowest BCUT2D eigenvalue weighted by molar-refractivity contribution is 0.607. The molecule has 0 aromatic heterocycles. The largest absolute Gasteiger partial charge is 0.366 e. The first-order valence-corrected chi connectivity index (χ1v) is 6.57. The lowest BCUT2D eigenvalue weighted by Crippen LogP contribution is -2.10. The summed E-state index contributed by atoms with van der Waals surface area (Å²) in [5.41, 5.74) is 2.21. The molecule has 0 saturated heterocycles. The van der Waals surface area contributed by atoms with Crippen molar-refractivity contribution < 1.29 is 4.39 Å². The van der Waals surface area contributed by atoms with E-state index in [1.54, 1.807) is 12.1 Å². The summed E-state index contributed by atoms with van der Waals surface area (Å²) in [7, 11) is 0. The van der Waals surface area contributed by atoms with Gasteiger partial charge in [0, 0.05) is 15.7 Å². The van der Waals surface area contributed by atoms with Gasteiger partial charge in [-0.2, -0.15) is 5.26 Å². The summed E-state index contributed by atoms with van der Waals surface area (Å²) >= 11 is 3.29. The summed E-state index contributed by atoms with van der Waals surface area (Å²) < 4.78 is 14.5. The van der Waals surface area contributed by atoms with Crippen molar-refractivity contribution in [2.45, 2.75) is 13.0 Å². The van der Waals surface area contributed by atoms with Gasteiger partial charge in [-0.1, -0.05) is 28.1 Å². The lowest BCUT2D eigenvalue weighted by Gasteiger charge is -2.14. The van der Waals surface area contributed by atoms with Crippen LogP contribution in [0, 0.1) is 24.1 Å². The number of benzene rings is 2. The summed E-state index contributed by atoms with van der Waals surface area (Å²) in [5, 5.41) is 12.3. The molecule has 2 rings (SSSR count). The Kier molecular flexibility index (Phi) is 4.18. The van der Waals surface area contributed by atoms with Gasteiger partial charge in [0.15, 0.2) is 0 Å². The van der Waals surface area contributed by atoms with Crippen LogP contribution in [0.3, 0.4) is 0 Å². The van der Waals surface area contributed by atoms with Crippen molar-refractivity contribution in [1.82, 2.24) is 0 Å². The summed E-state index contributed by atoms with van der Waals surface area (Å²) in [5.74, 6) is -0.394. The Morgan fingerprint density at radius 2 is 2.05 bits per heavy atom. The maximum absolute atomic E-state index is 13.8. The van der Waals surface area contributed by atoms with E-state index >= 15 is 0 Å².